The van der Waals surface area contributed by atoms with Crippen molar-refractivity contribution in [3.63, 3.8) is 0 Å². The van der Waals surface area contributed by atoms with Gasteiger partial charge < -0.3 is 9.73 Å². The molecule has 1 aliphatic heterocycles. The number of furan rings is 1. The van der Waals surface area contributed by atoms with Crippen molar-refractivity contribution in [3.05, 3.63) is 76.1 Å². The van der Waals surface area contributed by atoms with Gasteiger partial charge in [-0.2, -0.15) is 0 Å². The van der Waals surface area contributed by atoms with Gasteiger partial charge in [0.1, 0.15) is 5.00 Å². The first-order valence-electron chi connectivity index (χ1n) is 10.3. The van der Waals surface area contributed by atoms with Gasteiger partial charge in [0.25, 0.3) is 5.91 Å². The third-order valence-corrected chi connectivity index (χ3v) is 6.71. The van der Waals surface area contributed by atoms with Crippen LogP contribution in [0.3, 0.4) is 0 Å². The molecule has 1 atom stereocenters. The number of aryl methyl sites for hydroxylation is 2. The van der Waals surface area contributed by atoms with E-state index in [-0.39, 0.29) is 11.9 Å². The Hall–Kier alpha value is -2.37. The van der Waals surface area contributed by atoms with Crippen LogP contribution in [-0.2, 0) is 0 Å². The molecule has 5 heteroatoms. The fraction of sp³-hybridized carbons (Fsp3) is 0.375. The summed E-state index contributed by atoms with van der Waals surface area (Å²) in [6.45, 7) is 8.69. The van der Waals surface area contributed by atoms with E-state index < -0.39 is 0 Å². The highest BCUT2D eigenvalue weighted by Crippen LogP contribution is 2.40. The summed E-state index contributed by atoms with van der Waals surface area (Å²) in [5.41, 5.74) is 3.70. The van der Waals surface area contributed by atoms with Crippen molar-refractivity contribution in [2.24, 2.45) is 5.92 Å². The molecule has 1 saturated heterocycles. The van der Waals surface area contributed by atoms with Crippen molar-refractivity contribution in [2.75, 3.05) is 18.4 Å². The number of rotatable bonds is 5. The summed E-state index contributed by atoms with van der Waals surface area (Å²) < 4.78 is 5.28. The lowest BCUT2D eigenvalue weighted by Gasteiger charge is -2.37. The summed E-state index contributed by atoms with van der Waals surface area (Å²) in [7, 11) is 0. The molecular weight excluding hydrogens is 380 g/mol. The minimum absolute atomic E-state index is 0.139. The average molecular weight is 409 g/mol. The van der Waals surface area contributed by atoms with Crippen molar-refractivity contribution in [3.8, 4) is 0 Å². The van der Waals surface area contributed by atoms with Crippen LogP contribution in [0, 0.1) is 19.8 Å². The number of anilines is 1. The second kappa shape index (κ2) is 8.56. The first-order chi connectivity index (χ1) is 14.0. The number of carbonyl (C=O) groups excluding carboxylic acids is 1. The Morgan fingerprint density at radius 1 is 1.17 bits per heavy atom. The number of piperidine rings is 1. The summed E-state index contributed by atoms with van der Waals surface area (Å²) in [5.74, 6) is 0.904. The molecule has 0 radical (unpaired) electrons. The van der Waals surface area contributed by atoms with Crippen LogP contribution in [0.15, 0.2) is 53.1 Å². The van der Waals surface area contributed by atoms with E-state index in [2.05, 4.69) is 61.3 Å². The normalized spacial score (nSPS) is 16.7. The topological polar surface area (TPSA) is 45.5 Å². The van der Waals surface area contributed by atoms with Crippen LogP contribution < -0.4 is 5.32 Å². The SMILES string of the molecule is Cc1ccc([C@@H](c2cc(C)sc2NC(=O)c2ccco2)N2CCC(C)CC2)cc1. The summed E-state index contributed by atoms with van der Waals surface area (Å²) in [6, 6.07) is 14.6. The Morgan fingerprint density at radius 3 is 2.55 bits per heavy atom. The van der Waals surface area contributed by atoms with Crippen molar-refractivity contribution in [1.29, 1.82) is 0 Å². The second-order valence-electron chi connectivity index (χ2n) is 8.10. The van der Waals surface area contributed by atoms with Gasteiger partial charge in [0, 0.05) is 10.4 Å². The third-order valence-electron chi connectivity index (χ3n) is 5.73. The Morgan fingerprint density at radius 2 is 1.90 bits per heavy atom. The number of amides is 1. The molecule has 1 aliphatic rings. The van der Waals surface area contributed by atoms with Crippen molar-refractivity contribution in [2.45, 2.75) is 39.7 Å². The lowest BCUT2D eigenvalue weighted by molar-refractivity contribution is 0.0996. The maximum atomic E-state index is 12.6. The van der Waals surface area contributed by atoms with Gasteiger partial charge in [-0.1, -0.05) is 36.8 Å². The fourth-order valence-electron chi connectivity index (χ4n) is 4.03. The minimum Gasteiger partial charge on any atom is -0.459 e. The maximum Gasteiger partial charge on any atom is 0.291 e. The van der Waals surface area contributed by atoms with Crippen LogP contribution in [0.2, 0.25) is 0 Å². The number of carbonyl (C=O) groups is 1. The monoisotopic (exact) mass is 408 g/mol. The Labute approximate surface area is 176 Å². The molecule has 29 heavy (non-hydrogen) atoms. The molecule has 0 bridgehead atoms. The van der Waals surface area contributed by atoms with E-state index in [0.29, 0.717) is 5.76 Å². The van der Waals surface area contributed by atoms with Gasteiger partial charge in [-0.3, -0.25) is 9.69 Å². The molecule has 3 aromatic rings. The Kier molecular flexibility index (Phi) is 5.88. The number of hydrogen-bond donors (Lipinski definition) is 1. The fourth-order valence-corrected chi connectivity index (χ4v) is 4.97. The average Bonchev–Trinajstić information content (AvgIpc) is 3.35. The van der Waals surface area contributed by atoms with Crippen LogP contribution >= 0.6 is 11.3 Å². The van der Waals surface area contributed by atoms with Crippen LogP contribution in [0.1, 0.15) is 57.9 Å². The van der Waals surface area contributed by atoms with E-state index in [1.165, 1.54) is 40.7 Å². The Bertz CT molecular complexity index is 951. The van der Waals surface area contributed by atoms with E-state index in [4.69, 9.17) is 4.42 Å². The third kappa shape index (κ3) is 4.46. The van der Waals surface area contributed by atoms with E-state index in [9.17, 15) is 4.79 Å². The van der Waals surface area contributed by atoms with Crippen LogP contribution in [0.5, 0.6) is 0 Å². The van der Waals surface area contributed by atoms with Gasteiger partial charge >= 0.3 is 0 Å². The number of likely N-dealkylation sites (tertiary alicyclic amines) is 1. The first kappa shape index (κ1) is 19.9. The van der Waals surface area contributed by atoms with Gasteiger partial charge in [-0.25, -0.2) is 0 Å². The van der Waals surface area contributed by atoms with Crippen molar-refractivity contribution >= 4 is 22.2 Å². The summed E-state index contributed by atoms with van der Waals surface area (Å²) in [4.78, 5) is 16.4. The standard InChI is InChI=1S/C24H28N2O2S/c1-16-6-8-19(9-7-16)22(26-12-10-17(2)11-13-26)20-15-18(3)29-24(20)25-23(27)21-5-4-14-28-21/h4-9,14-15,17,22H,10-13H2,1-3H3,(H,25,27)/t22-/m0/s1. The first-order valence-corrected chi connectivity index (χ1v) is 11.1. The molecule has 1 amide bonds. The number of benzene rings is 1. The molecule has 0 unspecified atom stereocenters. The van der Waals surface area contributed by atoms with Gasteiger partial charge in [-0.15, -0.1) is 11.3 Å². The molecule has 1 N–H and O–H groups in total. The predicted molar refractivity (Wildman–Crippen MR) is 119 cm³/mol. The highest BCUT2D eigenvalue weighted by molar-refractivity contribution is 7.16. The molecule has 1 aromatic carbocycles. The highest BCUT2D eigenvalue weighted by Gasteiger charge is 2.29. The molecular formula is C24H28N2O2S. The van der Waals surface area contributed by atoms with Crippen molar-refractivity contribution in [1.82, 2.24) is 4.90 Å². The van der Waals surface area contributed by atoms with E-state index in [1.54, 1.807) is 23.5 Å². The summed E-state index contributed by atoms with van der Waals surface area (Å²) in [6.07, 6.45) is 3.94. The van der Waals surface area contributed by atoms with E-state index in [0.717, 1.165) is 24.0 Å². The van der Waals surface area contributed by atoms with Crippen LogP contribution in [0.4, 0.5) is 5.00 Å². The maximum absolute atomic E-state index is 12.6. The van der Waals surface area contributed by atoms with Crippen LogP contribution in [0.25, 0.3) is 0 Å². The zero-order valence-corrected chi connectivity index (χ0v) is 18.1. The molecule has 0 aliphatic carbocycles. The van der Waals surface area contributed by atoms with Gasteiger partial charge in [0.05, 0.1) is 12.3 Å². The van der Waals surface area contributed by atoms with Crippen molar-refractivity contribution < 1.29 is 9.21 Å². The molecule has 1 fully saturated rings. The number of thiophene rings is 1. The lowest BCUT2D eigenvalue weighted by Crippen LogP contribution is -2.37. The smallest absolute Gasteiger partial charge is 0.291 e. The molecule has 2 aromatic heterocycles. The van der Waals surface area contributed by atoms with E-state index >= 15 is 0 Å². The lowest BCUT2D eigenvalue weighted by atomic mass is 9.92. The molecule has 0 saturated carbocycles. The predicted octanol–water partition coefficient (Wildman–Crippen LogP) is 6.03. The largest absolute Gasteiger partial charge is 0.459 e. The number of hydrogen-bond acceptors (Lipinski definition) is 4. The molecule has 4 nitrogen and oxygen atoms in total. The molecule has 3 heterocycles. The van der Waals surface area contributed by atoms with Gasteiger partial charge in [0.2, 0.25) is 0 Å². The molecule has 4 rings (SSSR count). The highest BCUT2D eigenvalue weighted by atomic mass is 32.1. The zero-order valence-electron chi connectivity index (χ0n) is 17.3. The quantitative estimate of drug-likeness (QED) is 0.560. The van der Waals surface area contributed by atoms with E-state index in [1.807, 2.05) is 0 Å². The second-order valence-corrected chi connectivity index (χ2v) is 9.36. The minimum atomic E-state index is -0.201. The van der Waals surface area contributed by atoms with Gasteiger partial charge in [0.15, 0.2) is 5.76 Å². The molecule has 0 spiro atoms. The Balaban J connectivity index is 1.70. The molecule has 152 valence electrons. The number of nitrogens with one attached hydrogen (secondary N) is 1. The number of nitrogens with zero attached hydrogens (tertiary/aromatic N) is 1. The van der Waals surface area contributed by atoms with Crippen LogP contribution in [-0.4, -0.2) is 23.9 Å². The zero-order chi connectivity index (χ0) is 20.4. The van der Waals surface area contributed by atoms with Gasteiger partial charge in [-0.05, 0) is 69.5 Å². The summed E-state index contributed by atoms with van der Waals surface area (Å²) in [5, 5.41) is 4.01. The summed E-state index contributed by atoms with van der Waals surface area (Å²) >= 11 is 1.63.